The minimum atomic E-state index is 0.526. The first kappa shape index (κ1) is 10.6. The molecule has 0 amide bonds. The summed E-state index contributed by atoms with van der Waals surface area (Å²) in [6.45, 7) is 5.67. The van der Waals surface area contributed by atoms with Crippen LogP contribution in [0.4, 0.5) is 0 Å². The largest absolute Gasteiger partial charge is 0.499 e. The summed E-state index contributed by atoms with van der Waals surface area (Å²) in [4.78, 5) is 0. The van der Waals surface area contributed by atoms with Crippen LogP contribution in [0.5, 0.6) is 0 Å². The van der Waals surface area contributed by atoms with Crippen molar-refractivity contribution in [1.29, 1.82) is 0 Å². The van der Waals surface area contributed by atoms with Gasteiger partial charge in [-0.25, -0.2) is 0 Å². The van der Waals surface area contributed by atoms with Crippen LogP contribution in [0.3, 0.4) is 0 Å². The van der Waals surface area contributed by atoms with Crippen molar-refractivity contribution in [2.24, 2.45) is 5.92 Å². The molecular weight excluding hydrogens is 164 g/mol. The van der Waals surface area contributed by atoms with Crippen molar-refractivity contribution in [2.45, 2.75) is 39.2 Å². The topological polar surface area (TPSA) is 18.5 Å². The summed E-state index contributed by atoms with van der Waals surface area (Å²) < 4.78 is 10.8. The van der Waals surface area contributed by atoms with E-state index in [2.05, 4.69) is 13.8 Å². The highest BCUT2D eigenvalue weighted by Gasteiger charge is 2.16. The molecule has 1 rings (SSSR count). The Hall–Kier alpha value is -0.500. The molecule has 0 aromatic carbocycles. The lowest BCUT2D eigenvalue weighted by molar-refractivity contribution is -0.0160. The van der Waals surface area contributed by atoms with E-state index in [0.717, 1.165) is 6.61 Å². The average molecular weight is 184 g/mol. The van der Waals surface area contributed by atoms with Crippen LogP contribution in [0.15, 0.2) is 12.3 Å². The maximum atomic E-state index is 5.53. The third-order valence-corrected chi connectivity index (χ3v) is 2.17. The maximum Gasteiger partial charge on any atom is 0.111 e. The molecule has 0 heterocycles. The number of rotatable bonds is 6. The minimum absolute atomic E-state index is 0.526. The van der Waals surface area contributed by atoms with E-state index in [0.29, 0.717) is 18.6 Å². The third-order valence-electron chi connectivity index (χ3n) is 2.17. The molecule has 0 spiro atoms. The second-order valence-electron chi connectivity index (χ2n) is 3.87. The van der Waals surface area contributed by atoms with Gasteiger partial charge in [0.15, 0.2) is 0 Å². The Morgan fingerprint density at radius 2 is 2.08 bits per heavy atom. The van der Waals surface area contributed by atoms with E-state index in [1.54, 1.807) is 6.26 Å². The Morgan fingerprint density at radius 3 is 2.62 bits per heavy atom. The average Bonchev–Trinajstić information content (AvgIpc) is 1.99. The van der Waals surface area contributed by atoms with Crippen molar-refractivity contribution < 1.29 is 9.47 Å². The van der Waals surface area contributed by atoms with E-state index in [9.17, 15) is 0 Å². The first-order chi connectivity index (χ1) is 6.29. The predicted octanol–water partition coefficient (Wildman–Crippen LogP) is 2.74. The van der Waals surface area contributed by atoms with E-state index < -0.39 is 0 Å². The van der Waals surface area contributed by atoms with Crippen LogP contribution in [0.2, 0.25) is 0 Å². The molecule has 0 aromatic heterocycles. The standard InChI is InChI=1S/C11H20O2/c1-10(2)6-7-12-8-9-13-11-4-3-5-11/h6-7,10-11H,3-5,8-9H2,1-2H3. The van der Waals surface area contributed by atoms with Crippen molar-refractivity contribution in [1.82, 2.24) is 0 Å². The fraction of sp³-hybridized carbons (Fsp3) is 0.818. The van der Waals surface area contributed by atoms with Crippen LogP contribution in [0.25, 0.3) is 0 Å². The van der Waals surface area contributed by atoms with Crippen molar-refractivity contribution >= 4 is 0 Å². The van der Waals surface area contributed by atoms with E-state index in [-0.39, 0.29) is 0 Å². The molecule has 76 valence electrons. The van der Waals surface area contributed by atoms with Crippen LogP contribution in [-0.4, -0.2) is 19.3 Å². The highest BCUT2D eigenvalue weighted by molar-refractivity contribution is 4.76. The van der Waals surface area contributed by atoms with Crippen LogP contribution < -0.4 is 0 Å². The zero-order chi connectivity index (χ0) is 9.52. The number of hydrogen-bond donors (Lipinski definition) is 0. The molecular formula is C11H20O2. The van der Waals surface area contributed by atoms with Crippen LogP contribution in [0.1, 0.15) is 33.1 Å². The zero-order valence-corrected chi connectivity index (χ0v) is 8.66. The molecule has 13 heavy (non-hydrogen) atoms. The summed E-state index contributed by atoms with van der Waals surface area (Å²) in [6.07, 6.45) is 8.15. The molecule has 0 radical (unpaired) electrons. The Balaban J connectivity index is 1.83. The van der Waals surface area contributed by atoms with Crippen molar-refractivity contribution in [3.63, 3.8) is 0 Å². The SMILES string of the molecule is CC(C)C=COCCOC1CCC1. The summed E-state index contributed by atoms with van der Waals surface area (Å²) in [5.74, 6) is 0.563. The van der Waals surface area contributed by atoms with Gasteiger partial charge in [-0.05, 0) is 31.3 Å². The fourth-order valence-electron chi connectivity index (χ4n) is 1.08. The van der Waals surface area contributed by atoms with Gasteiger partial charge in [0.05, 0.1) is 19.0 Å². The Labute approximate surface area is 80.9 Å². The van der Waals surface area contributed by atoms with Crippen LogP contribution in [-0.2, 0) is 9.47 Å². The lowest BCUT2D eigenvalue weighted by atomic mass is 9.96. The van der Waals surface area contributed by atoms with Gasteiger partial charge >= 0.3 is 0 Å². The van der Waals surface area contributed by atoms with E-state index in [1.807, 2.05) is 6.08 Å². The Bertz CT molecular complexity index is 148. The van der Waals surface area contributed by atoms with Gasteiger partial charge in [-0.15, -0.1) is 0 Å². The van der Waals surface area contributed by atoms with Crippen molar-refractivity contribution in [3.05, 3.63) is 12.3 Å². The molecule has 0 aliphatic heterocycles. The molecule has 0 bridgehead atoms. The zero-order valence-electron chi connectivity index (χ0n) is 8.66. The number of allylic oxidation sites excluding steroid dienone is 1. The van der Waals surface area contributed by atoms with Gasteiger partial charge in [0.25, 0.3) is 0 Å². The highest BCUT2D eigenvalue weighted by atomic mass is 16.5. The molecule has 0 aromatic rings. The fourth-order valence-corrected chi connectivity index (χ4v) is 1.08. The molecule has 2 nitrogen and oxygen atoms in total. The molecule has 0 saturated heterocycles. The second kappa shape index (κ2) is 6.03. The normalized spacial score (nSPS) is 18.1. The first-order valence-electron chi connectivity index (χ1n) is 5.19. The predicted molar refractivity (Wildman–Crippen MR) is 53.5 cm³/mol. The van der Waals surface area contributed by atoms with Gasteiger partial charge in [-0.3, -0.25) is 0 Å². The molecule has 1 aliphatic rings. The van der Waals surface area contributed by atoms with Crippen LogP contribution >= 0.6 is 0 Å². The summed E-state index contributed by atoms with van der Waals surface area (Å²) in [5, 5.41) is 0. The summed E-state index contributed by atoms with van der Waals surface area (Å²) >= 11 is 0. The number of hydrogen-bond acceptors (Lipinski definition) is 2. The van der Waals surface area contributed by atoms with Crippen LogP contribution in [0, 0.1) is 5.92 Å². The van der Waals surface area contributed by atoms with E-state index in [4.69, 9.17) is 9.47 Å². The first-order valence-corrected chi connectivity index (χ1v) is 5.19. The number of ether oxygens (including phenoxy) is 2. The molecule has 1 fully saturated rings. The van der Waals surface area contributed by atoms with Gasteiger partial charge in [-0.2, -0.15) is 0 Å². The second-order valence-corrected chi connectivity index (χ2v) is 3.87. The Morgan fingerprint density at radius 1 is 1.31 bits per heavy atom. The minimum Gasteiger partial charge on any atom is -0.499 e. The van der Waals surface area contributed by atoms with Gasteiger partial charge in [-0.1, -0.05) is 13.8 Å². The monoisotopic (exact) mass is 184 g/mol. The molecule has 0 unspecified atom stereocenters. The summed E-state index contributed by atoms with van der Waals surface area (Å²) in [7, 11) is 0. The lowest BCUT2D eigenvalue weighted by Crippen LogP contribution is -2.23. The molecule has 1 saturated carbocycles. The van der Waals surface area contributed by atoms with Gasteiger partial charge in [0.1, 0.15) is 6.61 Å². The van der Waals surface area contributed by atoms with Crippen molar-refractivity contribution in [2.75, 3.05) is 13.2 Å². The smallest absolute Gasteiger partial charge is 0.111 e. The summed E-state index contributed by atoms with van der Waals surface area (Å²) in [6, 6.07) is 0. The maximum absolute atomic E-state index is 5.53. The van der Waals surface area contributed by atoms with Gasteiger partial charge in [0.2, 0.25) is 0 Å². The molecule has 2 heteroatoms. The van der Waals surface area contributed by atoms with Crippen molar-refractivity contribution in [3.8, 4) is 0 Å². The Kier molecular flexibility index (Phi) is 4.91. The molecule has 0 atom stereocenters. The lowest BCUT2D eigenvalue weighted by Gasteiger charge is -2.25. The molecule has 0 N–H and O–H groups in total. The third kappa shape index (κ3) is 4.94. The van der Waals surface area contributed by atoms with E-state index >= 15 is 0 Å². The van der Waals surface area contributed by atoms with E-state index in [1.165, 1.54) is 19.3 Å². The van der Waals surface area contributed by atoms with Gasteiger partial charge < -0.3 is 9.47 Å². The quantitative estimate of drug-likeness (QED) is 0.467. The highest BCUT2D eigenvalue weighted by Crippen LogP contribution is 2.21. The molecule has 1 aliphatic carbocycles. The summed E-state index contributed by atoms with van der Waals surface area (Å²) in [5.41, 5.74) is 0. The van der Waals surface area contributed by atoms with Gasteiger partial charge in [0, 0.05) is 0 Å².